The highest BCUT2D eigenvalue weighted by molar-refractivity contribution is 9.10. The van der Waals surface area contributed by atoms with Gasteiger partial charge in [0.05, 0.1) is 29.5 Å². The molecule has 0 bridgehead atoms. The van der Waals surface area contributed by atoms with Gasteiger partial charge < -0.3 is 15.4 Å². The standard InChI is InChI=1S/C22H22BrF2N3O3S/c1-11(2)15-8-19(20(29)5-4-16(15)23)27-21-17(24)6-13(7-18(21)25)28-10-14(31-22(28)30)9-26-12(3)32/h4-8,11,14H,9-10H2,1-3H3,(H,26,32)(H,27,29). The van der Waals surface area contributed by atoms with Gasteiger partial charge in [-0.3, -0.25) is 9.69 Å². The van der Waals surface area contributed by atoms with Gasteiger partial charge in [-0.1, -0.05) is 42.0 Å². The first kappa shape index (κ1) is 24.1. The van der Waals surface area contributed by atoms with E-state index in [0.29, 0.717) is 11.5 Å². The Labute approximate surface area is 198 Å². The fourth-order valence-electron chi connectivity index (χ4n) is 3.24. The topological polar surface area (TPSA) is 70.7 Å². The lowest BCUT2D eigenvalue weighted by Gasteiger charge is -2.16. The van der Waals surface area contributed by atoms with Gasteiger partial charge >= 0.3 is 6.09 Å². The number of nitrogens with one attached hydrogen (secondary N) is 2. The lowest BCUT2D eigenvalue weighted by Crippen LogP contribution is -2.32. The molecule has 170 valence electrons. The number of amides is 1. The molecule has 1 heterocycles. The number of rotatable bonds is 6. The molecule has 2 N–H and O–H groups in total. The number of cyclic esters (lactones) is 1. The van der Waals surface area contributed by atoms with E-state index in [0.717, 1.165) is 27.1 Å². The Bertz CT molecular complexity index is 1110. The Morgan fingerprint density at radius 2 is 1.91 bits per heavy atom. The molecule has 6 nitrogen and oxygen atoms in total. The average Bonchev–Trinajstić information content (AvgIpc) is 3.02. The van der Waals surface area contributed by atoms with Gasteiger partial charge in [0.15, 0.2) is 11.6 Å². The number of ether oxygens (including phenoxy) is 1. The van der Waals surface area contributed by atoms with Crippen molar-refractivity contribution in [1.82, 2.24) is 5.32 Å². The van der Waals surface area contributed by atoms with E-state index < -0.39 is 34.9 Å². The van der Waals surface area contributed by atoms with Gasteiger partial charge in [0.1, 0.15) is 11.8 Å². The van der Waals surface area contributed by atoms with Crippen molar-refractivity contribution in [3.63, 3.8) is 0 Å². The Kier molecular flexibility index (Phi) is 7.45. The minimum absolute atomic E-state index is 0.0173. The maximum atomic E-state index is 14.9. The van der Waals surface area contributed by atoms with Crippen LogP contribution in [0.5, 0.6) is 0 Å². The number of nitrogens with zero attached hydrogens (tertiary/aromatic N) is 1. The third kappa shape index (κ3) is 5.42. The summed E-state index contributed by atoms with van der Waals surface area (Å²) in [7, 11) is 0. The molecule has 0 spiro atoms. The number of benzene rings is 1. The fraction of sp³-hybridized carbons (Fsp3) is 0.318. The van der Waals surface area contributed by atoms with E-state index in [2.05, 4.69) is 26.6 Å². The molecule has 1 atom stereocenters. The SMILES string of the molecule is CC(=S)NCC1CN(c2cc(F)c(Nc3cc(C(C)C)c(Br)ccc3=O)c(F)c2)C(=O)O1. The van der Waals surface area contributed by atoms with Crippen LogP contribution in [0.4, 0.5) is 30.6 Å². The first-order valence-corrected chi connectivity index (χ1v) is 11.1. The zero-order valence-electron chi connectivity index (χ0n) is 17.7. The molecule has 2 aromatic rings. The van der Waals surface area contributed by atoms with E-state index in [1.807, 2.05) is 13.8 Å². The Morgan fingerprint density at radius 1 is 1.25 bits per heavy atom. The van der Waals surface area contributed by atoms with Crippen molar-refractivity contribution >= 4 is 56.3 Å². The van der Waals surface area contributed by atoms with Gasteiger partial charge in [0.2, 0.25) is 5.43 Å². The minimum Gasteiger partial charge on any atom is -0.442 e. The molecule has 2 aromatic carbocycles. The quantitative estimate of drug-likeness (QED) is 0.504. The number of thiocarbonyl (C=S) groups is 1. The first-order chi connectivity index (χ1) is 15.1. The number of carbonyl (C=O) groups is 1. The van der Waals surface area contributed by atoms with Gasteiger partial charge in [-0.05, 0) is 36.6 Å². The number of hydrogen-bond donors (Lipinski definition) is 2. The summed E-state index contributed by atoms with van der Waals surface area (Å²) in [5, 5.41) is 5.48. The second kappa shape index (κ2) is 9.91. The lowest BCUT2D eigenvalue weighted by atomic mass is 10.1. The van der Waals surface area contributed by atoms with Crippen molar-refractivity contribution in [2.75, 3.05) is 23.3 Å². The van der Waals surface area contributed by atoms with Crippen LogP contribution in [-0.4, -0.2) is 30.3 Å². The van der Waals surface area contributed by atoms with Crippen LogP contribution < -0.4 is 21.0 Å². The minimum atomic E-state index is -0.944. The molecule has 1 saturated heterocycles. The molecule has 1 amide bonds. The Balaban J connectivity index is 1.89. The lowest BCUT2D eigenvalue weighted by molar-refractivity contribution is 0.143. The summed E-state index contributed by atoms with van der Waals surface area (Å²) in [4.78, 5) is 26.3. The highest BCUT2D eigenvalue weighted by Gasteiger charge is 2.33. The van der Waals surface area contributed by atoms with E-state index in [1.54, 1.807) is 19.1 Å². The first-order valence-electron chi connectivity index (χ1n) is 9.89. The van der Waals surface area contributed by atoms with Crippen molar-refractivity contribution in [2.45, 2.75) is 32.8 Å². The molecule has 3 rings (SSSR count). The smallest absolute Gasteiger partial charge is 0.414 e. The van der Waals surface area contributed by atoms with Crippen molar-refractivity contribution in [1.29, 1.82) is 0 Å². The molecule has 0 saturated carbocycles. The molecule has 10 heteroatoms. The summed E-state index contributed by atoms with van der Waals surface area (Å²) in [6.45, 7) is 5.99. The van der Waals surface area contributed by atoms with Crippen molar-refractivity contribution in [2.24, 2.45) is 0 Å². The zero-order valence-corrected chi connectivity index (χ0v) is 20.1. The summed E-state index contributed by atoms with van der Waals surface area (Å²) in [5.41, 5.74) is -0.0493. The van der Waals surface area contributed by atoms with Crippen molar-refractivity contribution < 1.29 is 18.3 Å². The maximum absolute atomic E-state index is 14.9. The van der Waals surface area contributed by atoms with Crippen LogP contribution in [0.15, 0.2) is 39.6 Å². The molecule has 0 aromatic heterocycles. The van der Waals surface area contributed by atoms with E-state index >= 15 is 0 Å². The summed E-state index contributed by atoms with van der Waals surface area (Å²) in [5.74, 6) is -1.82. The molecular formula is C22H22BrF2N3O3S. The number of hydrogen-bond acceptors (Lipinski definition) is 5. The average molecular weight is 526 g/mol. The van der Waals surface area contributed by atoms with Crippen LogP contribution in [0.1, 0.15) is 32.3 Å². The van der Waals surface area contributed by atoms with Crippen LogP contribution >= 0.6 is 28.1 Å². The van der Waals surface area contributed by atoms with Gasteiger partial charge in [-0.2, -0.15) is 0 Å². The van der Waals surface area contributed by atoms with Gasteiger partial charge in [-0.25, -0.2) is 13.6 Å². The van der Waals surface area contributed by atoms with E-state index in [4.69, 9.17) is 17.0 Å². The van der Waals surface area contributed by atoms with E-state index in [9.17, 15) is 18.4 Å². The molecule has 0 radical (unpaired) electrons. The monoisotopic (exact) mass is 525 g/mol. The molecular weight excluding hydrogens is 504 g/mol. The van der Waals surface area contributed by atoms with Crippen LogP contribution in [-0.2, 0) is 4.74 Å². The van der Waals surface area contributed by atoms with Crippen molar-refractivity contribution in [3.8, 4) is 0 Å². The van der Waals surface area contributed by atoms with Gasteiger partial charge in [-0.15, -0.1) is 0 Å². The number of anilines is 3. The summed E-state index contributed by atoms with van der Waals surface area (Å²) in [6.07, 6.45) is -1.22. The largest absolute Gasteiger partial charge is 0.442 e. The van der Waals surface area contributed by atoms with E-state index in [1.165, 1.54) is 6.07 Å². The summed E-state index contributed by atoms with van der Waals surface area (Å²) in [6, 6.07) is 6.55. The molecule has 0 aliphatic carbocycles. The van der Waals surface area contributed by atoms with Gasteiger partial charge in [0.25, 0.3) is 0 Å². The molecule has 32 heavy (non-hydrogen) atoms. The van der Waals surface area contributed by atoms with Crippen LogP contribution in [0.3, 0.4) is 0 Å². The molecule has 1 aliphatic rings. The third-order valence-corrected chi connectivity index (χ3v) is 5.76. The molecule has 1 unspecified atom stereocenters. The Hall–Kier alpha value is -2.59. The van der Waals surface area contributed by atoms with Crippen LogP contribution in [0.2, 0.25) is 0 Å². The van der Waals surface area contributed by atoms with Crippen molar-refractivity contribution in [3.05, 3.63) is 62.2 Å². The summed E-state index contributed by atoms with van der Waals surface area (Å²) >= 11 is 8.34. The van der Waals surface area contributed by atoms with Gasteiger partial charge in [0, 0.05) is 16.6 Å². The normalized spacial score (nSPS) is 15.7. The zero-order chi connectivity index (χ0) is 23.6. The highest BCUT2D eigenvalue weighted by atomic mass is 79.9. The second-order valence-corrected chi connectivity index (χ2v) is 9.14. The summed E-state index contributed by atoms with van der Waals surface area (Å²) < 4.78 is 35.7. The number of halogens is 3. The molecule has 1 aliphatic heterocycles. The third-order valence-electron chi connectivity index (χ3n) is 4.90. The predicted molar refractivity (Wildman–Crippen MR) is 128 cm³/mol. The van der Waals surface area contributed by atoms with E-state index in [-0.39, 0.29) is 23.8 Å². The predicted octanol–water partition coefficient (Wildman–Crippen LogP) is 5.22. The van der Waals surface area contributed by atoms with Crippen LogP contribution in [0, 0.1) is 11.6 Å². The highest BCUT2D eigenvalue weighted by Crippen LogP contribution is 2.31. The number of carbonyl (C=O) groups excluding carboxylic acids is 1. The second-order valence-electron chi connectivity index (χ2n) is 7.68. The fourth-order valence-corrected chi connectivity index (χ4v) is 4.02. The Morgan fingerprint density at radius 3 is 2.50 bits per heavy atom. The molecule has 1 fully saturated rings. The van der Waals surface area contributed by atoms with Crippen LogP contribution in [0.25, 0.3) is 0 Å². The maximum Gasteiger partial charge on any atom is 0.414 e.